The first-order valence-corrected chi connectivity index (χ1v) is 11.3. The van der Waals surface area contributed by atoms with Gasteiger partial charge in [-0.2, -0.15) is 0 Å². The zero-order chi connectivity index (χ0) is 23.9. The number of fused-ring (bicyclic) bond motifs is 1. The van der Waals surface area contributed by atoms with Gasteiger partial charge in [0, 0.05) is 42.3 Å². The number of benzene rings is 2. The smallest absolute Gasteiger partial charge is 0.273 e. The molecule has 0 aliphatic carbocycles. The van der Waals surface area contributed by atoms with Crippen molar-refractivity contribution in [3.05, 3.63) is 77.6 Å². The highest BCUT2D eigenvalue weighted by molar-refractivity contribution is 5.91. The van der Waals surface area contributed by atoms with Crippen LogP contribution >= 0.6 is 0 Å². The van der Waals surface area contributed by atoms with Crippen LogP contribution in [0.4, 0.5) is 0 Å². The largest absolute Gasteiger partial charge is 0.493 e. The number of methoxy groups -OCH3 is 2. The SMILES string of the molecule is CCNC(=O)c1coc(CN(CCc2c[nH]c3ccccc23)Cc2cccc(OC)c2OC)n1. The van der Waals surface area contributed by atoms with E-state index in [1.807, 2.05) is 37.3 Å². The summed E-state index contributed by atoms with van der Waals surface area (Å²) < 4.78 is 16.7. The van der Waals surface area contributed by atoms with Crippen LogP contribution in [0.3, 0.4) is 0 Å². The number of nitrogens with one attached hydrogen (secondary N) is 2. The fourth-order valence-electron chi connectivity index (χ4n) is 4.08. The number of H-pyrrole nitrogens is 1. The molecule has 34 heavy (non-hydrogen) atoms. The molecule has 0 bridgehead atoms. The lowest BCUT2D eigenvalue weighted by Crippen LogP contribution is -2.26. The van der Waals surface area contributed by atoms with Gasteiger partial charge in [0.1, 0.15) is 6.26 Å². The lowest BCUT2D eigenvalue weighted by molar-refractivity contribution is 0.0950. The lowest BCUT2D eigenvalue weighted by Gasteiger charge is -2.22. The van der Waals surface area contributed by atoms with Crippen LogP contribution in [-0.4, -0.2) is 48.1 Å². The highest BCUT2D eigenvalue weighted by Gasteiger charge is 2.18. The minimum atomic E-state index is -0.239. The molecule has 4 aromatic rings. The summed E-state index contributed by atoms with van der Waals surface area (Å²) in [6.45, 7) is 4.20. The van der Waals surface area contributed by atoms with Crippen molar-refractivity contribution >= 4 is 16.8 Å². The molecule has 0 aliphatic rings. The Kier molecular flexibility index (Phi) is 7.49. The number of aromatic amines is 1. The number of rotatable bonds is 11. The molecule has 178 valence electrons. The van der Waals surface area contributed by atoms with Crippen molar-refractivity contribution in [2.24, 2.45) is 0 Å². The van der Waals surface area contributed by atoms with Crippen molar-refractivity contribution in [2.75, 3.05) is 27.3 Å². The summed E-state index contributed by atoms with van der Waals surface area (Å²) in [5, 5.41) is 3.97. The number of oxazole rings is 1. The summed E-state index contributed by atoms with van der Waals surface area (Å²) in [7, 11) is 3.27. The summed E-state index contributed by atoms with van der Waals surface area (Å²) in [5.74, 6) is 1.64. The number of hydrogen-bond acceptors (Lipinski definition) is 6. The molecule has 0 radical (unpaired) electrons. The minimum absolute atomic E-state index is 0.239. The number of carbonyl (C=O) groups is 1. The van der Waals surface area contributed by atoms with E-state index in [1.54, 1.807) is 14.2 Å². The van der Waals surface area contributed by atoms with Crippen molar-refractivity contribution in [3.63, 3.8) is 0 Å². The first kappa shape index (κ1) is 23.4. The Balaban J connectivity index is 1.56. The second-order valence-corrected chi connectivity index (χ2v) is 7.96. The van der Waals surface area contributed by atoms with Crippen LogP contribution in [0, 0.1) is 0 Å². The summed E-state index contributed by atoms with van der Waals surface area (Å²) >= 11 is 0. The van der Waals surface area contributed by atoms with Gasteiger partial charge >= 0.3 is 0 Å². The first-order valence-electron chi connectivity index (χ1n) is 11.3. The van der Waals surface area contributed by atoms with Crippen LogP contribution in [0.2, 0.25) is 0 Å². The Bertz CT molecular complexity index is 1250. The fourth-order valence-corrected chi connectivity index (χ4v) is 4.08. The molecule has 0 saturated carbocycles. The van der Waals surface area contributed by atoms with Crippen molar-refractivity contribution in [1.29, 1.82) is 0 Å². The number of ether oxygens (including phenoxy) is 2. The van der Waals surface area contributed by atoms with Gasteiger partial charge in [-0.1, -0.05) is 30.3 Å². The van der Waals surface area contributed by atoms with Crippen LogP contribution in [0.15, 0.2) is 59.3 Å². The predicted octanol–water partition coefficient (Wildman–Crippen LogP) is 4.17. The van der Waals surface area contributed by atoms with Crippen LogP contribution in [0.1, 0.15) is 34.4 Å². The summed E-state index contributed by atoms with van der Waals surface area (Å²) in [6, 6.07) is 14.1. The number of para-hydroxylation sites is 2. The van der Waals surface area contributed by atoms with E-state index < -0.39 is 0 Å². The third kappa shape index (κ3) is 5.23. The van der Waals surface area contributed by atoms with Crippen molar-refractivity contribution in [1.82, 2.24) is 20.2 Å². The molecule has 2 heterocycles. The number of carbonyl (C=O) groups excluding carboxylic acids is 1. The number of aromatic nitrogens is 2. The normalized spacial score (nSPS) is 11.2. The fraction of sp³-hybridized carbons (Fsp3) is 0.308. The van der Waals surface area contributed by atoms with E-state index in [0.717, 1.165) is 24.0 Å². The van der Waals surface area contributed by atoms with Gasteiger partial charge < -0.3 is 24.2 Å². The Morgan fingerprint density at radius 2 is 1.94 bits per heavy atom. The first-order chi connectivity index (χ1) is 16.6. The highest BCUT2D eigenvalue weighted by atomic mass is 16.5. The van der Waals surface area contributed by atoms with Gasteiger partial charge in [-0.3, -0.25) is 9.69 Å². The quantitative estimate of drug-likeness (QED) is 0.348. The third-order valence-corrected chi connectivity index (χ3v) is 5.73. The standard InChI is InChI=1S/C26H30N4O4/c1-4-27-26(31)22-17-34-24(29-22)16-30(15-19-8-7-11-23(32-2)25(19)33-3)13-12-18-14-28-21-10-6-5-9-20(18)21/h5-11,14,17,28H,4,12-13,15-16H2,1-3H3,(H,27,31). The molecule has 0 aliphatic heterocycles. The summed E-state index contributed by atoms with van der Waals surface area (Å²) in [4.78, 5) is 22.1. The monoisotopic (exact) mass is 462 g/mol. The molecule has 4 rings (SSSR count). The van der Waals surface area contributed by atoms with Crippen molar-refractivity contribution in [3.8, 4) is 11.5 Å². The van der Waals surface area contributed by atoms with Crippen LogP contribution in [-0.2, 0) is 19.5 Å². The summed E-state index contributed by atoms with van der Waals surface area (Å²) in [6.07, 6.45) is 4.30. The van der Waals surface area contributed by atoms with E-state index in [4.69, 9.17) is 13.9 Å². The van der Waals surface area contributed by atoms with Gasteiger partial charge in [-0.05, 0) is 31.0 Å². The number of nitrogens with zero attached hydrogens (tertiary/aromatic N) is 2. The number of hydrogen-bond donors (Lipinski definition) is 2. The van der Waals surface area contributed by atoms with E-state index in [-0.39, 0.29) is 11.6 Å². The van der Waals surface area contributed by atoms with Gasteiger partial charge in [0.25, 0.3) is 5.91 Å². The van der Waals surface area contributed by atoms with Crippen LogP contribution in [0.5, 0.6) is 11.5 Å². The molecule has 0 unspecified atom stereocenters. The average molecular weight is 463 g/mol. The molecule has 2 aromatic carbocycles. The molecule has 0 fully saturated rings. The van der Waals surface area contributed by atoms with Crippen molar-refractivity contribution < 1.29 is 18.7 Å². The molecule has 2 N–H and O–H groups in total. The van der Waals surface area contributed by atoms with Gasteiger partial charge in [0.15, 0.2) is 17.2 Å². The van der Waals surface area contributed by atoms with E-state index in [2.05, 4.69) is 38.5 Å². The maximum atomic E-state index is 12.1. The Morgan fingerprint density at radius 3 is 2.74 bits per heavy atom. The van der Waals surface area contributed by atoms with Gasteiger partial charge in [-0.15, -0.1) is 0 Å². The van der Waals surface area contributed by atoms with E-state index in [1.165, 1.54) is 17.2 Å². The molecule has 0 atom stereocenters. The average Bonchev–Trinajstić information content (AvgIpc) is 3.49. The Hall–Kier alpha value is -3.78. The summed E-state index contributed by atoms with van der Waals surface area (Å²) in [5.41, 5.74) is 3.65. The van der Waals surface area contributed by atoms with Gasteiger partial charge in [0.2, 0.25) is 5.89 Å². The minimum Gasteiger partial charge on any atom is -0.493 e. The van der Waals surface area contributed by atoms with Crippen LogP contribution < -0.4 is 14.8 Å². The Morgan fingerprint density at radius 1 is 1.09 bits per heavy atom. The van der Waals surface area contributed by atoms with Gasteiger partial charge in [0.05, 0.1) is 20.8 Å². The lowest BCUT2D eigenvalue weighted by atomic mass is 10.1. The predicted molar refractivity (Wildman–Crippen MR) is 130 cm³/mol. The zero-order valence-corrected chi connectivity index (χ0v) is 19.8. The maximum Gasteiger partial charge on any atom is 0.273 e. The number of amides is 1. The second kappa shape index (κ2) is 10.9. The van der Waals surface area contributed by atoms with Crippen LogP contribution in [0.25, 0.3) is 10.9 Å². The molecule has 0 saturated heterocycles. The Labute approximate surface area is 198 Å². The third-order valence-electron chi connectivity index (χ3n) is 5.73. The molecule has 0 spiro atoms. The molecular weight excluding hydrogens is 432 g/mol. The van der Waals surface area contributed by atoms with E-state index >= 15 is 0 Å². The topological polar surface area (TPSA) is 92.6 Å². The van der Waals surface area contributed by atoms with E-state index in [9.17, 15) is 4.79 Å². The maximum absolute atomic E-state index is 12.1. The van der Waals surface area contributed by atoms with Gasteiger partial charge in [-0.25, -0.2) is 4.98 Å². The van der Waals surface area contributed by atoms with Crippen molar-refractivity contribution in [2.45, 2.75) is 26.4 Å². The second-order valence-electron chi connectivity index (χ2n) is 7.96. The molecule has 8 heteroatoms. The molecular formula is C26H30N4O4. The molecule has 2 aromatic heterocycles. The molecule has 1 amide bonds. The van der Waals surface area contributed by atoms with E-state index in [0.29, 0.717) is 37.0 Å². The molecule has 8 nitrogen and oxygen atoms in total. The highest BCUT2D eigenvalue weighted by Crippen LogP contribution is 2.32. The zero-order valence-electron chi connectivity index (χ0n) is 19.8.